The summed E-state index contributed by atoms with van der Waals surface area (Å²) in [5.74, 6) is 1.52. The monoisotopic (exact) mass is 211 g/mol. The van der Waals surface area contributed by atoms with Crippen molar-refractivity contribution >= 4 is 0 Å². The van der Waals surface area contributed by atoms with E-state index in [9.17, 15) is 0 Å². The van der Waals surface area contributed by atoms with E-state index in [0.29, 0.717) is 11.9 Å². The van der Waals surface area contributed by atoms with Gasteiger partial charge >= 0.3 is 0 Å². The van der Waals surface area contributed by atoms with E-state index in [4.69, 9.17) is 9.26 Å². The molecular weight excluding hydrogens is 194 g/mol. The van der Waals surface area contributed by atoms with E-state index >= 15 is 0 Å². The first-order chi connectivity index (χ1) is 7.38. The largest absolute Gasteiger partial charge is 0.378 e. The third-order valence-electron chi connectivity index (χ3n) is 2.40. The second kappa shape index (κ2) is 5.23. The molecule has 0 aliphatic carbocycles. The van der Waals surface area contributed by atoms with E-state index in [1.54, 1.807) is 0 Å². The Morgan fingerprint density at radius 2 is 2.47 bits per heavy atom. The Bertz CT molecular complexity index is 295. The van der Waals surface area contributed by atoms with Gasteiger partial charge in [-0.1, -0.05) is 12.1 Å². The highest BCUT2D eigenvalue weighted by atomic mass is 16.5. The molecule has 1 saturated heterocycles. The lowest BCUT2D eigenvalue weighted by Crippen LogP contribution is -2.42. The molecule has 84 valence electrons. The van der Waals surface area contributed by atoms with Gasteiger partial charge in [0.2, 0.25) is 5.89 Å². The molecule has 1 fully saturated rings. The molecule has 2 heterocycles. The Hall–Kier alpha value is -0.940. The van der Waals surface area contributed by atoms with Crippen molar-refractivity contribution in [3.05, 3.63) is 11.7 Å². The molecule has 0 aromatic carbocycles. The summed E-state index contributed by atoms with van der Waals surface area (Å²) in [5, 5.41) is 7.27. The zero-order chi connectivity index (χ0) is 10.5. The van der Waals surface area contributed by atoms with E-state index in [1.165, 1.54) is 0 Å². The van der Waals surface area contributed by atoms with Crippen LogP contribution in [0.25, 0.3) is 0 Å². The summed E-state index contributed by atoms with van der Waals surface area (Å²) in [7, 11) is 0. The topological polar surface area (TPSA) is 60.2 Å². The molecule has 1 N–H and O–H groups in total. The predicted octanol–water partition coefficient (Wildman–Crippen LogP) is 0.553. The molecule has 5 nitrogen and oxygen atoms in total. The molecule has 2 rings (SSSR count). The van der Waals surface area contributed by atoms with Crippen LogP contribution in [0, 0.1) is 0 Å². The van der Waals surface area contributed by atoms with Crippen molar-refractivity contribution in [1.29, 1.82) is 0 Å². The predicted molar refractivity (Wildman–Crippen MR) is 54.6 cm³/mol. The minimum atomic E-state index is 0.314. The van der Waals surface area contributed by atoms with Crippen LogP contribution in [-0.4, -0.2) is 35.9 Å². The van der Waals surface area contributed by atoms with Crippen LogP contribution in [0.2, 0.25) is 0 Å². The minimum absolute atomic E-state index is 0.314. The number of nitrogens with zero attached hydrogens (tertiary/aromatic N) is 2. The molecule has 1 aromatic rings. The molecule has 0 spiro atoms. The van der Waals surface area contributed by atoms with Crippen LogP contribution in [0.15, 0.2) is 4.52 Å². The van der Waals surface area contributed by atoms with E-state index in [2.05, 4.69) is 22.4 Å². The molecule has 0 bridgehead atoms. The standard InChI is InChI=1S/C10H17N3O2/c1-2-3-9-12-10(15-13-9)6-8-7-14-5-4-11-8/h8,11H,2-7H2,1H3. The third kappa shape index (κ3) is 3.00. The number of ether oxygens (including phenoxy) is 1. The van der Waals surface area contributed by atoms with Gasteiger partial charge in [0.1, 0.15) is 0 Å². The number of nitrogens with one attached hydrogen (secondary N) is 1. The first-order valence-electron chi connectivity index (χ1n) is 5.51. The highest BCUT2D eigenvalue weighted by Gasteiger charge is 2.16. The highest BCUT2D eigenvalue weighted by molar-refractivity contribution is 4.90. The van der Waals surface area contributed by atoms with Gasteiger partial charge in [-0.3, -0.25) is 0 Å². The molecule has 1 aliphatic heterocycles. The quantitative estimate of drug-likeness (QED) is 0.788. The highest BCUT2D eigenvalue weighted by Crippen LogP contribution is 2.05. The maximum Gasteiger partial charge on any atom is 0.228 e. The summed E-state index contributed by atoms with van der Waals surface area (Å²) in [6, 6.07) is 0.314. The summed E-state index contributed by atoms with van der Waals surface area (Å²) in [5.41, 5.74) is 0. The van der Waals surface area contributed by atoms with Crippen molar-refractivity contribution in [2.24, 2.45) is 0 Å². The summed E-state index contributed by atoms with van der Waals surface area (Å²) >= 11 is 0. The SMILES string of the molecule is CCCc1noc(CC2COCCN2)n1. The Labute approximate surface area is 89.2 Å². The van der Waals surface area contributed by atoms with Gasteiger partial charge in [-0.15, -0.1) is 0 Å². The molecule has 15 heavy (non-hydrogen) atoms. The fourth-order valence-corrected chi connectivity index (χ4v) is 1.66. The fourth-order valence-electron chi connectivity index (χ4n) is 1.66. The smallest absolute Gasteiger partial charge is 0.228 e. The summed E-state index contributed by atoms with van der Waals surface area (Å²) in [4.78, 5) is 4.32. The maximum absolute atomic E-state index is 5.36. The van der Waals surface area contributed by atoms with Crippen molar-refractivity contribution < 1.29 is 9.26 Å². The average molecular weight is 211 g/mol. The van der Waals surface area contributed by atoms with Crippen LogP contribution in [0.3, 0.4) is 0 Å². The molecule has 1 atom stereocenters. The van der Waals surface area contributed by atoms with Crippen LogP contribution in [-0.2, 0) is 17.6 Å². The van der Waals surface area contributed by atoms with Gasteiger partial charge in [0, 0.05) is 25.4 Å². The Kier molecular flexibility index (Phi) is 3.69. The van der Waals surface area contributed by atoms with Crippen molar-refractivity contribution in [2.75, 3.05) is 19.8 Å². The van der Waals surface area contributed by atoms with E-state index < -0.39 is 0 Å². The minimum Gasteiger partial charge on any atom is -0.378 e. The van der Waals surface area contributed by atoms with Crippen molar-refractivity contribution in [2.45, 2.75) is 32.2 Å². The van der Waals surface area contributed by atoms with Crippen LogP contribution < -0.4 is 5.32 Å². The van der Waals surface area contributed by atoms with Gasteiger partial charge in [0.25, 0.3) is 0 Å². The number of rotatable bonds is 4. The fraction of sp³-hybridized carbons (Fsp3) is 0.800. The molecule has 0 radical (unpaired) electrons. The zero-order valence-corrected chi connectivity index (χ0v) is 9.03. The maximum atomic E-state index is 5.36. The lowest BCUT2D eigenvalue weighted by molar-refractivity contribution is 0.0744. The normalized spacial score (nSPS) is 21.8. The van der Waals surface area contributed by atoms with Gasteiger partial charge in [-0.25, -0.2) is 0 Å². The first-order valence-corrected chi connectivity index (χ1v) is 5.51. The molecule has 1 aliphatic rings. The van der Waals surface area contributed by atoms with E-state index in [0.717, 1.165) is 44.8 Å². The van der Waals surface area contributed by atoms with Crippen molar-refractivity contribution in [1.82, 2.24) is 15.5 Å². The lowest BCUT2D eigenvalue weighted by Gasteiger charge is -2.22. The van der Waals surface area contributed by atoms with Gasteiger partial charge in [0.15, 0.2) is 5.82 Å². The number of hydrogen-bond acceptors (Lipinski definition) is 5. The summed E-state index contributed by atoms with van der Waals surface area (Å²) < 4.78 is 10.5. The number of hydrogen-bond donors (Lipinski definition) is 1. The first kappa shape index (κ1) is 10.6. The van der Waals surface area contributed by atoms with Crippen LogP contribution in [0.5, 0.6) is 0 Å². The van der Waals surface area contributed by atoms with Gasteiger partial charge in [0.05, 0.1) is 13.2 Å². The zero-order valence-electron chi connectivity index (χ0n) is 9.03. The van der Waals surface area contributed by atoms with E-state index in [1.807, 2.05) is 0 Å². The van der Waals surface area contributed by atoms with E-state index in [-0.39, 0.29) is 0 Å². The summed E-state index contributed by atoms with van der Waals surface area (Å²) in [6.45, 7) is 4.53. The van der Waals surface area contributed by atoms with Crippen LogP contribution >= 0.6 is 0 Å². The Morgan fingerprint density at radius 1 is 1.53 bits per heavy atom. The summed E-state index contributed by atoms with van der Waals surface area (Å²) in [6.07, 6.45) is 2.69. The number of aryl methyl sites for hydroxylation is 1. The lowest BCUT2D eigenvalue weighted by atomic mass is 10.2. The molecule has 1 unspecified atom stereocenters. The Morgan fingerprint density at radius 3 is 3.20 bits per heavy atom. The molecule has 1 aromatic heterocycles. The second-order valence-electron chi connectivity index (χ2n) is 3.78. The molecule has 0 amide bonds. The van der Waals surface area contributed by atoms with Gasteiger partial charge in [-0.2, -0.15) is 4.98 Å². The van der Waals surface area contributed by atoms with Crippen LogP contribution in [0.4, 0.5) is 0 Å². The van der Waals surface area contributed by atoms with Crippen molar-refractivity contribution in [3.63, 3.8) is 0 Å². The Balaban J connectivity index is 1.86. The number of morpholine rings is 1. The second-order valence-corrected chi connectivity index (χ2v) is 3.78. The van der Waals surface area contributed by atoms with Gasteiger partial charge < -0.3 is 14.6 Å². The molecule has 5 heteroatoms. The number of aromatic nitrogens is 2. The molecule has 0 saturated carbocycles. The van der Waals surface area contributed by atoms with Gasteiger partial charge in [-0.05, 0) is 6.42 Å². The third-order valence-corrected chi connectivity index (χ3v) is 2.40. The molecular formula is C10H17N3O2. The average Bonchev–Trinajstić information content (AvgIpc) is 2.68. The van der Waals surface area contributed by atoms with Crippen molar-refractivity contribution in [3.8, 4) is 0 Å². The van der Waals surface area contributed by atoms with Crippen LogP contribution in [0.1, 0.15) is 25.1 Å².